The van der Waals surface area contributed by atoms with Gasteiger partial charge in [-0.15, -0.1) is 0 Å². The molecule has 2 aromatic heterocycles. The van der Waals surface area contributed by atoms with E-state index in [1.54, 1.807) is 18.2 Å². The number of methoxy groups -OCH3 is 1. The number of nitrogens with zero attached hydrogens (tertiary/aromatic N) is 2. The maximum Gasteiger partial charge on any atom is 0.337 e. The molecule has 0 bridgehead atoms. The molecule has 1 N–H and O–H groups in total. The lowest BCUT2D eigenvalue weighted by atomic mass is 10.2. The van der Waals surface area contributed by atoms with Gasteiger partial charge in [0.1, 0.15) is 16.8 Å². The van der Waals surface area contributed by atoms with Crippen molar-refractivity contribution in [3.8, 4) is 5.75 Å². The summed E-state index contributed by atoms with van der Waals surface area (Å²) in [5.74, 6) is -0.686. The van der Waals surface area contributed by atoms with Gasteiger partial charge in [0.2, 0.25) is 0 Å². The molecule has 0 spiro atoms. The standard InChI is InChI=1S/C14H10N2O4/c1-20-10-4-2-3-9-12(10)13(17)16-7-8(14(18)19)5-6-11(16)15-9/h2-7H,1H3,(H,18,19). The predicted octanol–water partition coefficient (Wildman–Crippen LogP) is 1.55. The number of hydrogen-bond donors (Lipinski definition) is 1. The van der Waals surface area contributed by atoms with E-state index < -0.39 is 5.97 Å². The summed E-state index contributed by atoms with van der Waals surface area (Å²) in [6.07, 6.45) is 1.26. The Morgan fingerprint density at radius 3 is 2.80 bits per heavy atom. The van der Waals surface area contributed by atoms with Crippen LogP contribution in [0.25, 0.3) is 16.6 Å². The summed E-state index contributed by atoms with van der Waals surface area (Å²) in [5, 5.41) is 9.32. The number of ether oxygens (including phenoxy) is 1. The van der Waals surface area contributed by atoms with E-state index in [1.807, 2.05) is 0 Å². The van der Waals surface area contributed by atoms with Gasteiger partial charge in [-0.05, 0) is 24.3 Å². The molecule has 6 heteroatoms. The topological polar surface area (TPSA) is 80.9 Å². The predicted molar refractivity (Wildman–Crippen MR) is 72.5 cm³/mol. The van der Waals surface area contributed by atoms with Crippen LogP contribution in [0.15, 0.2) is 41.3 Å². The highest BCUT2D eigenvalue weighted by Gasteiger charge is 2.12. The van der Waals surface area contributed by atoms with Gasteiger partial charge < -0.3 is 9.84 Å². The van der Waals surface area contributed by atoms with Crippen molar-refractivity contribution in [1.29, 1.82) is 0 Å². The van der Waals surface area contributed by atoms with Crippen LogP contribution in [0.5, 0.6) is 5.75 Å². The fraction of sp³-hybridized carbons (Fsp3) is 0.0714. The van der Waals surface area contributed by atoms with Crippen LogP contribution in [0.4, 0.5) is 0 Å². The highest BCUT2D eigenvalue weighted by Crippen LogP contribution is 2.21. The SMILES string of the molecule is COc1cccc2nc3ccc(C(=O)O)cn3c(=O)c12. The third kappa shape index (κ3) is 1.70. The van der Waals surface area contributed by atoms with E-state index >= 15 is 0 Å². The monoisotopic (exact) mass is 270 g/mol. The first-order chi connectivity index (χ1) is 9.61. The van der Waals surface area contributed by atoms with Gasteiger partial charge in [-0.1, -0.05) is 6.07 Å². The third-order valence-electron chi connectivity index (χ3n) is 3.07. The molecule has 2 heterocycles. The maximum absolute atomic E-state index is 12.5. The van der Waals surface area contributed by atoms with E-state index in [0.717, 1.165) is 0 Å². The van der Waals surface area contributed by atoms with Crippen molar-refractivity contribution in [2.24, 2.45) is 0 Å². The number of carboxylic acid groups (broad SMARTS) is 1. The third-order valence-corrected chi connectivity index (χ3v) is 3.07. The number of carbonyl (C=O) groups is 1. The minimum absolute atomic E-state index is 0.0237. The molecule has 0 atom stereocenters. The molecule has 0 saturated heterocycles. The van der Waals surface area contributed by atoms with Crippen molar-refractivity contribution < 1.29 is 14.6 Å². The minimum atomic E-state index is -1.10. The zero-order valence-electron chi connectivity index (χ0n) is 10.5. The summed E-state index contributed by atoms with van der Waals surface area (Å²) in [6.45, 7) is 0. The first kappa shape index (κ1) is 12.2. The summed E-state index contributed by atoms with van der Waals surface area (Å²) in [4.78, 5) is 27.8. The van der Waals surface area contributed by atoms with Crippen molar-refractivity contribution in [1.82, 2.24) is 9.38 Å². The molecule has 0 aliphatic heterocycles. The smallest absolute Gasteiger partial charge is 0.337 e. The normalized spacial score (nSPS) is 10.8. The molecule has 3 aromatic rings. The zero-order chi connectivity index (χ0) is 14.3. The number of aromatic carboxylic acids is 1. The summed E-state index contributed by atoms with van der Waals surface area (Å²) in [6, 6.07) is 8.04. The van der Waals surface area contributed by atoms with E-state index in [0.29, 0.717) is 22.3 Å². The van der Waals surface area contributed by atoms with Crippen molar-refractivity contribution in [2.75, 3.05) is 7.11 Å². The van der Waals surface area contributed by atoms with Crippen molar-refractivity contribution in [3.05, 3.63) is 52.4 Å². The van der Waals surface area contributed by atoms with E-state index in [2.05, 4.69) is 4.98 Å². The van der Waals surface area contributed by atoms with Crippen LogP contribution >= 0.6 is 0 Å². The van der Waals surface area contributed by atoms with Crippen LogP contribution in [0.3, 0.4) is 0 Å². The van der Waals surface area contributed by atoms with Crippen LogP contribution in [0, 0.1) is 0 Å². The molecular formula is C14H10N2O4. The molecular weight excluding hydrogens is 260 g/mol. The minimum Gasteiger partial charge on any atom is -0.496 e. The van der Waals surface area contributed by atoms with E-state index in [-0.39, 0.29) is 11.1 Å². The Hall–Kier alpha value is -2.89. The summed E-state index contributed by atoms with van der Waals surface area (Å²) in [5.41, 5.74) is 0.569. The van der Waals surface area contributed by atoms with Gasteiger partial charge in [0, 0.05) is 6.20 Å². The van der Waals surface area contributed by atoms with Crippen LogP contribution in [-0.2, 0) is 0 Å². The Kier molecular flexibility index (Phi) is 2.64. The van der Waals surface area contributed by atoms with Crippen LogP contribution in [0.1, 0.15) is 10.4 Å². The fourth-order valence-corrected chi connectivity index (χ4v) is 2.11. The van der Waals surface area contributed by atoms with Crippen LogP contribution in [0.2, 0.25) is 0 Å². The van der Waals surface area contributed by atoms with Crippen molar-refractivity contribution in [3.63, 3.8) is 0 Å². The van der Waals surface area contributed by atoms with Crippen molar-refractivity contribution in [2.45, 2.75) is 0 Å². The molecule has 0 aliphatic rings. The lowest BCUT2D eigenvalue weighted by Gasteiger charge is -2.07. The highest BCUT2D eigenvalue weighted by molar-refractivity contribution is 5.89. The molecule has 20 heavy (non-hydrogen) atoms. The summed E-state index contributed by atoms with van der Waals surface area (Å²) >= 11 is 0. The second kappa shape index (κ2) is 4.34. The number of rotatable bonds is 2. The van der Waals surface area contributed by atoms with Gasteiger partial charge >= 0.3 is 5.97 Å². The Balaban J connectivity index is 2.49. The highest BCUT2D eigenvalue weighted by atomic mass is 16.5. The molecule has 100 valence electrons. The maximum atomic E-state index is 12.5. The molecule has 0 aliphatic carbocycles. The second-order valence-electron chi connectivity index (χ2n) is 4.22. The van der Waals surface area contributed by atoms with Gasteiger partial charge in [-0.3, -0.25) is 9.20 Å². The molecule has 3 rings (SSSR count). The zero-order valence-corrected chi connectivity index (χ0v) is 10.5. The van der Waals surface area contributed by atoms with E-state index in [1.165, 1.54) is 29.8 Å². The van der Waals surface area contributed by atoms with Gasteiger partial charge in [-0.2, -0.15) is 0 Å². The molecule has 6 nitrogen and oxygen atoms in total. The van der Waals surface area contributed by atoms with Crippen LogP contribution < -0.4 is 10.3 Å². The Morgan fingerprint density at radius 2 is 2.10 bits per heavy atom. The summed E-state index contributed by atoms with van der Waals surface area (Å²) in [7, 11) is 1.47. The van der Waals surface area contributed by atoms with Gasteiger partial charge in [-0.25, -0.2) is 9.78 Å². The van der Waals surface area contributed by atoms with E-state index in [9.17, 15) is 9.59 Å². The number of pyridine rings is 1. The molecule has 0 saturated carbocycles. The van der Waals surface area contributed by atoms with Gasteiger partial charge in [0.25, 0.3) is 5.56 Å². The summed E-state index contributed by atoms with van der Waals surface area (Å²) < 4.78 is 6.38. The largest absolute Gasteiger partial charge is 0.496 e. The lowest BCUT2D eigenvalue weighted by molar-refractivity contribution is 0.0696. The number of benzene rings is 1. The average Bonchev–Trinajstić information content (AvgIpc) is 2.46. The molecule has 0 amide bonds. The number of aromatic nitrogens is 2. The quantitative estimate of drug-likeness (QED) is 0.714. The fourth-order valence-electron chi connectivity index (χ4n) is 2.11. The van der Waals surface area contributed by atoms with Gasteiger partial charge in [0.05, 0.1) is 18.2 Å². The molecule has 0 radical (unpaired) electrons. The molecule has 1 aromatic carbocycles. The van der Waals surface area contributed by atoms with E-state index in [4.69, 9.17) is 9.84 Å². The van der Waals surface area contributed by atoms with Crippen LogP contribution in [-0.4, -0.2) is 27.6 Å². The van der Waals surface area contributed by atoms with Crippen molar-refractivity contribution >= 4 is 22.5 Å². The number of carboxylic acids is 1. The van der Waals surface area contributed by atoms with Gasteiger partial charge in [0.15, 0.2) is 0 Å². The Morgan fingerprint density at radius 1 is 1.30 bits per heavy atom. The Labute approximate surface area is 112 Å². The number of hydrogen-bond acceptors (Lipinski definition) is 4. The number of fused-ring (bicyclic) bond motifs is 2. The second-order valence-corrected chi connectivity index (χ2v) is 4.22. The first-order valence-electron chi connectivity index (χ1n) is 5.84. The molecule has 0 unspecified atom stereocenters. The average molecular weight is 270 g/mol. The Bertz CT molecular complexity index is 899. The first-order valence-corrected chi connectivity index (χ1v) is 5.84. The lowest BCUT2D eigenvalue weighted by Crippen LogP contribution is -2.17. The molecule has 0 fully saturated rings.